The van der Waals surface area contributed by atoms with Gasteiger partial charge in [-0.2, -0.15) is 0 Å². The number of amides is 2. The molecule has 2 rings (SSSR count). The number of hydrogen-bond donors (Lipinski definition) is 1. The van der Waals surface area contributed by atoms with Crippen LogP contribution in [0.2, 0.25) is 0 Å². The highest BCUT2D eigenvalue weighted by molar-refractivity contribution is 5.91. The van der Waals surface area contributed by atoms with Gasteiger partial charge in [0.15, 0.2) is 12.6 Å². The molecule has 0 spiro atoms. The van der Waals surface area contributed by atoms with Gasteiger partial charge in [0, 0.05) is 32.3 Å². The second-order valence-corrected chi connectivity index (χ2v) is 8.27. The third kappa shape index (κ3) is 10.4. The molecule has 1 N–H and O–H groups in total. The van der Waals surface area contributed by atoms with Gasteiger partial charge in [0.05, 0.1) is 19.8 Å². The minimum atomic E-state index is -0.885. The first-order valence-corrected chi connectivity index (χ1v) is 12.4. The maximum Gasteiger partial charge on any atom is 0.322 e. The summed E-state index contributed by atoms with van der Waals surface area (Å²) in [7, 11) is 1.60. The number of methoxy groups -OCH3 is 1. The zero-order valence-corrected chi connectivity index (χ0v) is 21.5. The number of nitrogens with zero attached hydrogens (tertiary/aromatic N) is 1. The highest BCUT2D eigenvalue weighted by atomic mass is 19.1. The zero-order valence-electron chi connectivity index (χ0n) is 21.5. The topological polar surface area (TPSA) is 69.3 Å². The quantitative estimate of drug-likeness (QED) is 0.199. The Kier molecular flexibility index (Phi) is 13.6. The Labute approximate surface area is 212 Å². The van der Waals surface area contributed by atoms with E-state index in [0.29, 0.717) is 32.1 Å². The average Bonchev–Trinajstić information content (AvgIpc) is 2.86. The average molecular weight is 509 g/mol. The first kappa shape index (κ1) is 29.3. The van der Waals surface area contributed by atoms with Gasteiger partial charge in [-0.1, -0.05) is 44.7 Å². The first-order valence-electron chi connectivity index (χ1n) is 12.4. The predicted molar refractivity (Wildman–Crippen MR) is 135 cm³/mol. The van der Waals surface area contributed by atoms with E-state index in [-0.39, 0.29) is 24.8 Å². The van der Waals surface area contributed by atoms with Crippen molar-refractivity contribution in [1.82, 2.24) is 4.90 Å². The van der Waals surface area contributed by atoms with Gasteiger partial charge in [-0.05, 0) is 31.0 Å². The minimum absolute atomic E-state index is 0.0412. The van der Waals surface area contributed by atoms with Crippen LogP contribution in [0.4, 0.5) is 19.3 Å². The lowest BCUT2D eigenvalue weighted by Gasteiger charge is -2.24. The number of carbonyl (C=O) groups excluding carboxylic acids is 1. The Morgan fingerprint density at radius 3 is 2.42 bits per heavy atom. The number of hydrogen-bond acceptors (Lipinski definition) is 5. The van der Waals surface area contributed by atoms with Crippen LogP contribution in [-0.2, 0) is 16.0 Å². The molecule has 7 nitrogen and oxygen atoms in total. The molecule has 0 aromatic heterocycles. The standard InChI is InChI=1S/C27H38F2N2O5/c1-4-6-7-8-9-14-31(19-21-10-12-23(13-11-21)36-20-34-16-15-33-3)27(32)30-26-24(29)17-22(28)18-25(26)35-5-2/h10-13,17-18H,4-9,14-16,19-20H2,1-3H3,(H,30,32). The largest absolute Gasteiger partial charge is 0.491 e. The van der Waals surface area contributed by atoms with Gasteiger partial charge < -0.3 is 29.2 Å². The van der Waals surface area contributed by atoms with E-state index in [1.54, 1.807) is 31.1 Å². The minimum Gasteiger partial charge on any atom is -0.491 e. The van der Waals surface area contributed by atoms with Crippen molar-refractivity contribution < 1.29 is 32.5 Å². The fourth-order valence-corrected chi connectivity index (χ4v) is 3.51. The Hall–Kier alpha value is -2.91. The molecule has 0 bridgehead atoms. The van der Waals surface area contributed by atoms with Crippen LogP contribution >= 0.6 is 0 Å². The van der Waals surface area contributed by atoms with Gasteiger partial charge in [0.25, 0.3) is 0 Å². The van der Waals surface area contributed by atoms with E-state index < -0.39 is 17.7 Å². The molecule has 0 atom stereocenters. The van der Waals surface area contributed by atoms with Gasteiger partial charge in [0.1, 0.15) is 23.0 Å². The Balaban J connectivity index is 2.07. The van der Waals surface area contributed by atoms with Gasteiger partial charge in [-0.25, -0.2) is 13.6 Å². The molecule has 0 fully saturated rings. The van der Waals surface area contributed by atoms with Gasteiger partial charge in [0.2, 0.25) is 0 Å². The lowest BCUT2D eigenvalue weighted by Crippen LogP contribution is -2.35. The van der Waals surface area contributed by atoms with Crippen LogP contribution < -0.4 is 14.8 Å². The molecule has 0 aliphatic heterocycles. The van der Waals surface area contributed by atoms with Crippen LogP contribution in [0.25, 0.3) is 0 Å². The number of nitrogens with one attached hydrogen (secondary N) is 1. The number of carbonyl (C=O) groups is 1. The van der Waals surface area contributed by atoms with Gasteiger partial charge in [-0.3, -0.25) is 0 Å². The van der Waals surface area contributed by atoms with Gasteiger partial charge >= 0.3 is 6.03 Å². The molecule has 200 valence electrons. The van der Waals surface area contributed by atoms with E-state index in [0.717, 1.165) is 49.8 Å². The highest BCUT2D eigenvalue weighted by Crippen LogP contribution is 2.29. The van der Waals surface area contributed by atoms with E-state index in [1.807, 2.05) is 12.1 Å². The molecule has 0 heterocycles. The number of halogens is 2. The normalized spacial score (nSPS) is 10.8. The van der Waals surface area contributed by atoms with E-state index >= 15 is 0 Å². The fourth-order valence-electron chi connectivity index (χ4n) is 3.51. The van der Waals surface area contributed by atoms with Crippen LogP contribution in [0.5, 0.6) is 11.5 Å². The number of rotatable bonds is 17. The summed E-state index contributed by atoms with van der Waals surface area (Å²) in [5.41, 5.74) is 0.715. The lowest BCUT2D eigenvalue weighted by molar-refractivity contribution is -0.00848. The van der Waals surface area contributed by atoms with Crippen molar-refractivity contribution in [2.75, 3.05) is 45.6 Å². The molecule has 2 amide bonds. The van der Waals surface area contributed by atoms with Crippen molar-refractivity contribution in [3.05, 3.63) is 53.6 Å². The number of unbranched alkanes of at least 4 members (excludes halogenated alkanes) is 4. The summed E-state index contributed by atoms with van der Waals surface area (Å²) in [5, 5.41) is 2.59. The molecule has 2 aromatic carbocycles. The van der Waals surface area contributed by atoms with Crippen LogP contribution in [0.15, 0.2) is 36.4 Å². The first-order chi connectivity index (χ1) is 17.5. The molecule has 0 aliphatic rings. The van der Waals surface area contributed by atoms with E-state index in [4.69, 9.17) is 18.9 Å². The van der Waals surface area contributed by atoms with E-state index in [2.05, 4.69) is 12.2 Å². The van der Waals surface area contributed by atoms with Crippen molar-refractivity contribution in [2.24, 2.45) is 0 Å². The van der Waals surface area contributed by atoms with Gasteiger partial charge in [-0.15, -0.1) is 0 Å². The molecule has 36 heavy (non-hydrogen) atoms. The summed E-state index contributed by atoms with van der Waals surface area (Å²) in [6, 6.07) is 8.65. The van der Waals surface area contributed by atoms with E-state index in [1.165, 1.54) is 0 Å². The Morgan fingerprint density at radius 1 is 0.972 bits per heavy atom. The Bertz CT molecular complexity index is 912. The summed E-state index contributed by atoms with van der Waals surface area (Å²) in [4.78, 5) is 14.8. The number of urea groups is 1. The molecular formula is C27H38F2N2O5. The molecule has 0 radical (unpaired) electrons. The molecule has 9 heteroatoms. The summed E-state index contributed by atoms with van der Waals surface area (Å²) < 4.78 is 49.3. The molecular weight excluding hydrogens is 470 g/mol. The number of benzene rings is 2. The maximum atomic E-state index is 14.5. The van der Waals surface area contributed by atoms with Crippen molar-refractivity contribution >= 4 is 11.7 Å². The second kappa shape index (κ2) is 16.7. The van der Waals surface area contributed by atoms with Crippen molar-refractivity contribution in [3.63, 3.8) is 0 Å². The number of ether oxygens (including phenoxy) is 4. The molecule has 0 saturated heterocycles. The molecule has 0 aliphatic carbocycles. The van der Waals surface area contributed by atoms with E-state index in [9.17, 15) is 13.6 Å². The Morgan fingerprint density at radius 2 is 1.72 bits per heavy atom. The smallest absolute Gasteiger partial charge is 0.322 e. The summed E-state index contributed by atoms with van der Waals surface area (Å²) >= 11 is 0. The highest BCUT2D eigenvalue weighted by Gasteiger charge is 2.20. The van der Waals surface area contributed by atoms with Crippen molar-refractivity contribution in [2.45, 2.75) is 52.5 Å². The van der Waals surface area contributed by atoms with Crippen LogP contribution in [0.3, 0.4) is 0 Å². The van der Waals surface area contributed by atoms with Crippen LogP contribution in [0.1, 0.15) is 51.5 Å². The monoisotopic (exact) mass is 508 g/mol. The summed E-state index contributed by atoms with van der Waals surface area (Å²) in [5.74, 6) is -1.06. The SMILES string of the molecule is CCCCCCCN(Cc1ccc(OCOCCOC)cc1)C(=O)Nc1c(F)cc(F)cc1OCC. The fraction of sp³-hybridized carbons (Fsp3) is 0.519. The summed E-state index contributed by atoms with van der Waals surface area (Å²) in [6.45, 7) is 5.91. The zero-order chi connectivity index (χ0) is 26.2. The van der Waals surface area contributed by atoms with Crippen molar-refractivity contribution in [3.8, 4) is 11.5 Å². The van der Waals surface area contributed by atoms with Crippen LogP contribution in [0, 0.1) is 11.6 Å². The second-order valence-electron chi connectivity index (χ2n) is 8.27. The molecule has 0 saturated carbocycles. The molecule has 2 aromatic rings. The maximum absolute atomic E-state index is 14.5. The predicted octanol–water partition coefficient (Wildman–Crippen LogP) is 6.37. The number of anilines is 1. The summed E-state index contributed by atoms with van der Waals surface area (Å²) in [6.07, 6.45) is 5.16. The third-order valence-corrected chi connectivity index (χ3v) is 5.41. The lowest BCUT2D eigenvalue weighted by atomic mass is 10.1. The molecule has 0 unspecified atom stereocenters. The third-order valence-electron chi connectivity index (χ3n) is 5.41. The van der Waals surface area contributed by atoms with Crippen LogP contribution in [-0.4, -0.2) is 51.2 Å². The van der Waals surface area contributed by atoms with Crippen molar-refractivity contribution in [1.29, 1.82) is 0 Å².